The number of rotatable bonds is 13. The number of hydrogen-bond donors (Lipinski definition) is 5. The Morgan fingerprint density at radius 2 is 1.47 bits per heavy atom. The number of fused-ring (bicyclic) bond motifs is 1. The number of carbonyl (C=O) groups excluding carboxylic acids is 1. The maximum atomic E-state index is 11.4. The Hall–Kier alpha value is -4.46. The van der Waals surface area contributed by atoms with E-state index in [4.69, 9.17) is 30.9 Å². The molecule has 0 aliphatic carbocycles. The Morgan fingerprint density at radius 1 is 0.884 bits per heavy atom. The fraction of sp³-hybridized carbons (Fsp3) is 0.400. The highest BCUT2D eigenvalue weighted by atomic mass is 16.5. The van der Waals surface area contributed by atoms with E-state index in [9.17, 15) is 19.2 Å². The monoisotopic (exact) mass is 598 g/mol. The summed E-state index contributed by atoms with van der Waals surface area (Å²) in [4.78, 5) is 46.8. The lowest BCUT2D eigenvalue weighted by Crippen LogP contribution is -2.47. The van der Waals surface area contributed by atoms with E-state index in [2.05, 4.69) is 35.1 Å². The molecule has 0 radical (unpaired) electrons. The fourth-order valence-electron chi connectivity index (χ4n) is 4.88. The predicted molar refractivity (Wildman–Crippen MR) is 157 cm³/mol. The second kappa shape index (κ2) is 15.1. The number of aliphatic carboxylic acids is 3. The molecule has 43 heavy (non-hydrogen) atoms. The van der Waals surface area contributed by atoms with Gasteiger partial charge in [-0.1, -0.05) is 36.4 Å². The predicted octanol–water partition coefficient (Wildman–Crippen LogP) is 1.38. The van der Waals surface area contributed by atoms with Crippen molar-refractivity contribution in [1.29, 1.82) is 0 Å². The lowest BCUT2D eigenvalue weighted by Gasteiger charge is -2.34. The first-order chi connectivity index (χ1) is 20.4. The van der Waals surface area contributed by atoms with Crippen LogP contribution >= 0.6 is 0 Å². The summed E-state index contributed by atoms with van der Waals surface area (Å²) in [5.41, 5.74) is 6.18. The zero-order chi connectivity index (χ0) is 31.6. The van der Waals surface area contributed by atoms with Gasteiger partial charge in [0.2, 0.25) is 5.91 Å². The lowest BCUT2D eigenvalue weighted by molar-refractivity contribution is -0.170. The summed E-state index contributed by atoms with van der Waals surface area (Å²) >= 11 is 0. The molecule has 13 nitrogen and oxygen atoms in total. The van der Waals surface area contributed by atoms with Crippen LogP contribution in [0.2, 0.25) is 0 Å². The largest absolute Gasteiger partial charge is 0.492 e. The number of carbonyl (C=O) groups is 4. The second-order valence-corrected chi connectivity index (χ2v) is 10.5. The maximum Gasteiger partial charge on any atom is 0.336 e. The van der Waals surface area contributed by atoms with Gasteiger partial charge in [0.15, 0.2) is 5.60 Å². The van der Waals surface area contributed by atoms with E-state index in [1.165, 1.54) is 16.5 Å². The van der Waals surface area contributed by atoms with Crippen molar-refractivity contribution in [3.8, 4) is 5.75 Å². The molecule has 3 aromatic rings. The van der Waals surface area contributed by atoms with Gasteiger partial charge in [-0.15, -0.1) is 0 Å². The van der Waals surface area contributed by atoms with Crippen LogP contribution in [0.1, 0.15) is 24.0 Å². The molecular weight excluding hydrogens is 560 g/mol. The highest BCUT2D eigenvalue weighted by Gasteiger charge is 2.40. The van der Waals surface area contributed by atoms with Crippen LogP contribution in [0, 0.1) is 6.92 Å². The number of primary amides is 1. The average molecular weight is 599 g/mol. The molecule has 1 saturated heterocycles. The van der Waals surface area contributed by atoms with Gasteiger partial charge in [-0.25, -0.2) is 4.79 Å². The molecule has 0 atom stereocenters. The van der Waals surface area contributed by atoms with Crippen LogP contribution in [0.25, 0.3) is 10.9 Å². The average Bonchev–Trinajstić information content (AvgIpc) is 3.26. The number of ether oxygens (including phenoxy) is 1. The summed E-state index contributed by atoms with van der Waals surface area (Å²) in [5, 5.41) is 35.0. The van der Waals surface area contributed by atoms with Crippen LogP contribution in [0.5, 0.6) is 5.75 Å². The molecule has 2 aromatic carbocycles. The van der Waals surface area contributed by atoms with Gasteiger partial charge in [-0.3, -0.25) is 24.2 Å². The zero-order valence-corrected chi connectivity index (χ0v) is 24.0. The number of hydrogen-bond acceptors (Lipinski definition) is 8. The van der Waals surface area contributed by atoms with Crippen LogP contribution in [0.3, 0.4) is 0 Å². The molecule has 1 fully saturated rings. The number of carboxylic acid groups (broad SMARTS) is 3. The van der Waals surface area contributed by atoms with E-state index in [1.54, 1.807) is 0 Å². The summed E-state index contributed by atoms with van der Waals surface area (Å²) in [6, 6.07) is 16.4. The standard InChI is InChI=1S/C24H30N4O2.C6H8O7/c1-19-6-2-5-9-23(19)30-15-14-26-10-12-27(13-11-26)16-20-17-28(18-24(25)29)22-8-4-3-7-21(20)22;7-3(8)1-6(13,5(11)12)2-4(9)10/h2-9,17H,10-16,18H2,1H3,(H2,25,29);13H,1-2H2,(H,7,8)(H,9,10)(H,11,12). The summed E-state index contributed by atoms with van der Waals surface area (Å²) < 4.78 is 7.91. The van der Waals surface area contributed by atoms with Crippen LogP contribution in [0.4, 0.5) is 0 Å². The zero-order valence-electron chi connectivity index (χ0n) is 24.0. The minimum atomic E-state index is -2.74. The number of aromatic nitrogens is 1. The summed E-state index contributed by atoms with van der Waals surface area (Å²) in [6.07, 6.45) is -0.207. The number of aliphatic hydroxyl groups is 1. The number of carboxylic acids is 3. The third kappa shape index (κ3) is 9.81. The Morgan fingerprint density at radius 3 is 2.05 bits per heavy atom. The van der Waals surface area contributed by atoms with Crippen LogP contribution < -0.4 is 10.5 Å². The van der Waals surface area contributed by atoms with E-state index in [0.29, 0.717) is 6.61 Å². The number of benzene rings is 2. The third-order valence-electron chi connectivity index (χ3n) is 7.10. The summed E-state index contributed by atoms with van der Waals surface area (Å²) in [7, 11) is 0. The number of para-hydroxylation sites is 2. The molecule has 1 aromatic heterocycles. The van der Waals surface area contributed by atoms with Crippen molar-refractivity contribution in [2.45, 2.75) is 38.5 Å². The van der Waals surface area contributed by atoms with E-state index in [-0.39, 0.29) is 12.5 Å². The van der Waals surface area contributed by atoms with Gasteiger partial charge in [0.05, 0.1) is 12.8 Å². The number of amides is 1. The molecule has 0 bridgehead atoms. The van der Waals surface area contributed by atoms with Crippen molar-refractivity contribution >= 4 is 34.7 Å². The molecule has 6 N–H and O–H groups in total. The highest BCUT2D eigenvalue weighted by Crippen LogP contribution is 2.23. The molecule has 2 heterocycles. The minimum Gasteiger partial charge on any atom is -0.492 e. The van der Waals surface area contributed by atoms with Crippen molar-refractivity contribution in [2.75, 3.05) is 39.3 Å². The molecule has 0 unspecified atom stereocenters. The van der Waals surface area contributed by atoms with E-state index in [1.807, 2.05) is 41.0 Å². The van der Waals surface area contributed by atoms with E-state index in [0.717, 1.165) is 50.5 Å². The Kier molecular flexibility index (Phi) is 11.6. The smallest absolute Gasteiger partial charge is 0.336 e. The number of nitrogens with two attached hydrogens (primary N) is 1. The number of nitrogens with zero attached hydrogens (tertiary/aromatic N) is 3. The van der Waals surface area contributed by atoms with Gasteiger partial charge in [0.1, 0.15) is 18.9 Å². The van der Waals surface area contributed by atoms with Crippen LogP contribution in [-0.2, 0) is 32.3 Å². The van der Waals surface area contributed by atoms with E-state index >= 15 is 0 Å². The van der Waals surface area contributed by atoms with Crippen LogP contribution in [0.15, 0.2) is 54.7 Å². The van der Waals surface area contributed by atoms with Crippen molar-refractivity contribution in [3.05, 3.63) is 65.9 Å². The quantitative estimate of drug-likeness (QED) is 0.191. The van der Waals surface area contributed by atoms with Gasteiger partial charge >= 0.3 is 17.9 Å². The molecular formula is C30H38N4O9. The first kappa shape index (κ1) is 33.0. The summed E-state index contributed by atoms with van der Waals surface area (Å²) in [5.74, 6) is -4.36. The van der Waals surface area contributed by atoms with Gasteiger partial charge in [-0.05, 0) is 30.2 Å². The number of piperazine rings is 1. The molecule has 0 saturated carbocycles. The minimum absolute atomic E-state index is 0.217. The lowest BCUT2D eigenvalue weighted by atomic mass is 9.96. The number of aryl methyl sites for hydroxylation is 1. The first-order valence-corrected chi connectivity index (χ1v) is 13.8. The highest BCUT2D eigenvalue weighted by molar-refractivity contribution is 5.88. The van der Waals surface area contributed by atoms with E-state index < -0.39 is 36.4 Å². The van der Waals surface area contributed by atoms with Gasteiger partial charge in [0.25, 0.3) is 0 Å². The second-order valence-electron chi connectivity index (χ2n) is 10.5. The van der Waals surface area contributed by atoms with Gasteiger partial charge < -0.3 is 35.5 Å². The molecule has 1 aliphatic heterocycles. The first-order valence-electron chi connectivity index (χ1n) is 13.8. The maximum absolute atomic E-state index is 11.4. The topological polar surface area (TPSA) is 196 Å². The molecule has 1 amide bonds. The van der Waals surface area contributed by atoms with Gasteiger partial charge in [-0.2, -0.15) is 0 Å². The molecule has 4 rings (SSSR count). The summed E-state index contributed by atoms with van der Waals surface area (Å²) in [6.45, 7) is 8.97. The van der Waals surface area contributed by atoms with Crippen molar-refractivity contribution in [2.24, 2.45) is 5.73 Å². The fourth-order valence-corrected chi connectivity index (χ4v) is 4.88. The Balaban J connectivity index is 0.000000331. The molecule has 232 valence electrons. The van der Waals surface area contributed by atoms with Crippen LogP contribution in [-0.4, -0.2) is 104 Å². The molecule has 0 spiro atoms. The SMILES string of the molecule is Cc1ccccc1OCCN1CCN(Cc2cn(CC(N)=O)c3ccccc23)CC1.O=C(O)CC(O)(CC(=O)O)C(=O)O. The van der Waals surface area contributed by atoms with Crippen molar-refractivity contribution in [1.82, 2.24) is 14.4 Å². The normalized spacial score (nSPS) is 14.1. The van der Waals surface area contributed by atoms with Gasteiger partial charge in [0, 0.05) is 56.4 Å². The Labute approximate surface area is 248 Å². The van der Waals surface area contributed by atoms with Crippen molar-refractivity contribution < 1.29 is 44.3 Å². The third-order valence-corrected chi connectivity index (χ3v) is 7.10. The molecule has 13 heteroatoms. The van der Waals surface area contributed by atoms with Crippen molar-refractivity contribution in [3.63, 3.8) is 0 Å². The Bertz CT molecular complexity index is 1410. The molecule has 1 aliphatic rings.